The standard InChI is InChI=1S/C17H22BrN3O3/c1-3-13-15(17(24)19-8-6-4-5-7-14(22)23)21-10-11(2)9-12(18)16(21)20-13/h9-10H,3-8H2,1-2H3,(H,19,24)(H,22,23). The minimum atomic E-state index is -0.779. The summed E-state index contributed by atoms with van der Waals surface area (Å²) in [6.07, 6.45) is 4.94. The number of aromatic nitrogens is 2. The Morgan fingerprint density at radius 3 is 2.75 bits per heavy atom. The molecular weight excluding hydrogens is 374 g/mol. The Morgan fingerprint density at radius 1 is 1.33 bits per heavy atom. The third-order valence-corrected chi connectivity index (χ3v) is 4.37. The highest BCUT2D eigenvalue weighted by molar-refractivity contribution is 9.10. The number of aryl methyl sites for hydroxylation is 2. The number of hydrogen-bond donors (Lipinski definition) is 2. The SMILES string of the molecule is CCc1nc2c(Br)cc(C)cn2c1C(=O)NCCCCCC(=O)O. The maximum atomic E-state index is 12.6. The Labute approximate surface area is 149 Å². The maximum absolute atomic E-state index is 12.6. The number of unbranched alkanes of at least 4 members (excludes halogenated alkanes) is 2. The second kappa shape index (κ2) is 8.28. The van der Waals surface area contributed by atoms with Gasteiger partial charge < -0.3 is 10.4 Å². The van der Waals surface area contributed by atoms with E-state index in [0.29, 0.717) is 25.1 Å². The summed E-state index contributed by atoms with van der Waals surface area (Å²) >= 11 is 3.50. The van der Waals surface area contributed by atoms with Crippen LogP contribution in [0.1, 0.15) is 54.4 Å². The Morgan fingerprint density at radius 2 is 2.08 bits per heavy atom. The van der Waals surface area contributed by atoms with E-state index in [1.807, 2.05) is 30.5 Å². The van der Waals surface area contributed by atoms with Crippen LogP contribution in [0.4, 0.5) is 0 Å². The fraction of sp³-hybridized carbons (Fsp3) is 0.471. The van der Waals surface area contributed by atoms with Gasteiger partial charge in [0.25, 0.3) is 5.91 Å². The Bertz CT molecular complexity index is 755. The summed E-state index contributed by atoms with van der Waals surface area (Å²) in [6.45, 7) is 4.48. The van der Waals surface area contributed by atoms with Crippen molar-refractivity contribution in [1.29, 1.82) is 0 Å². The van der Waals surface area contributed by atoms with Gasteiger partial charge >= 0.3 is 5.97 Å². The fourth-order valence-corrected chi connectivity index (χ4v) is 3.27. The van der Waals surface area contributed by atoms with Gasteiger partial charge in [-0.15, -0.1) is 0 Å². The lowest BCUT2D eigenvalue weighted by Crippen LogP contribution is -2.26. The zero-order valence-corrected chi connectivity index (χ0v) is 15.5. The first-order valence-corrected chi connectivity index (χ1v) is 8.90. The first-order chi connectivity index (χ1) is 11.4. The van der Waals surface area contributed by atoms with E-state index in [1.54, 1.807) is 0 Å². The summed E-state index contributed by atoms with van der Waals surface area (Å²) in [7, 11) is 0. The number of carbonyl (C=O) groups excluding carboxylic acids is 1. The van der Waals surface area contributed by atoms with Gasteiger partial charge in [-0.05, 0) is 53.7 Å². The largest absolute Gasteiger partial charge is 0.481 e. The van der Waals surface area contributed by atoms with Crippen LogP contribution in [-0.2, 0) is 11.2 Å². The monoisotopic (exact) mass is 395 g/mol. The molecule has 2 rings (SSSR count). The van der Waals surface area contributed by atoms with Crippen LogP contribution in [0.25, 0.3) is 5.65 Å². The van der Waals surface area contributed by atoms with E-state index in [0.717, 1.165) is 34.2 Å². The van der Waals surface area contributed by atoms with E-state index < -0.39 is 5.97 Å². The van der Waals surface area contributed by atoms with Crippen molar-refractivity contribution in [1.82, 2.24) is 14.7 Å². The van der Waals surface area contributed by atoms with Crippen molar-refractivity contribution in [3.05, 3.63) is 33.7 Å². The third kappa shape index (κ3) is 4.35. The van der Waals surface area contributed by atoms with Gasteiger partial charge in [-0.3, -0.25) is 14.0 Å². The van der Waals surface area contributed by atoms with Crippen molar-refractivity contribution in [2.75, 3.05) is 6.54 Å². The van der Waals surface area contributed by atoms with Crippen LogP contribution in [0.2, 0.25) is 0 Å². The molecule has 1 amide bonds. The molecule has 0 saturated carbocycles. The van der Waals surface area contributed by atoms with Crippen LogP contribution in [-0.4, -0.2) is 32.9 Å². The number of imidazole rings is 1. The van der Waals surface area contributed by atoms with Crippen molar-refractivity contribution >= 4 is 33.5 Å². The van der Waals surface area contributed by atoms with Gasteiger partial charge in [0.15, 0.2) is 5.65 Å². The summed E-state index contributed by atoms with van der Waals surface area (Å²) in [6, 6.07) is 1.98. The zero-order chi connectivity index (χ0) is 17.7. The molecule has 24 heavy (non-hydrogen) atoms. The molecule has 0 aromatic carbocycles. The molecule has 6 nitrogen and oxygen atoms in total. The van der Waals surface area contributed by atoms with Crippen LogP contribution in [0.15, 0.2) is 16.7 Å². The molecule has 0 aliphatic heterocycles. The normalized spacial score (nSPS) is 11.0. The van der Waals surface area contributed by atoms with Crippen molar-refractivity contribution in [2.45, 2.75) is 46.0 Å². The first kappa shape index (κ1) is 18.4. The van der Waals surface area contributed by atoms with Crippen LogP contribution in [0, 0.1) is 6.92 Å². The molecule has 0 aliphatic rings. The number of hydrogen-bond acceptors (Lipinski definition) is 3. The molecule has 7 heteroatoms. The number of nitrogens with zero attached hydrogens (tertiary/aromatic N) is 2. The van der Waals surface area contributed by atoms with Crippen LogP contribution >= 0.6 is 15.9 Å². The molecule has 2 N–H and O–H groups in total. The fourth-order valence-electron chi connectivity index (χ4n) is 2.63. The molecule has 0 radical (unpaired) electrons. The highest BCUT2D eigenvalue weighted by atomic mass is 79.9. The highest BCUT2D eigenvalue weighted by Crippen LogP contribution is 2.23. The average molecular weight is 396 g/mol. The smallest absolute Gasteiger partial charge is 0.303 e. The van der Waals surface area contributed by atoms with Crippen LogP contribution < -0.4 is 5.32 Å². The molecule has 0 bridgehead atoms. The molecule has 0 saturated heterocycles. The number of pyridine rings is 1. The van der Waals surface area contributed by atoms with E-state index in [4.69, 9.17) is 5.11 Å². The number of halogens is 1. The first-order valence-electron chi connectivity index (χ1n) is 8.11. The molecule has 130 valence electrons. The molecule has 2 heterocycles. The Kier molecular flexibility index (Phi) is 6.36. The van der Waals surface area contributed by atoms with Crippen molar-refractivity contribution in [3.8, 4) is 0 Å². The Hall–Kier alpha value is -1.89. The number of carboxylic acids is 1. The Balaban J connectivity index is 2.07. The molecule has 0 atom stereocenters. The summed E-state index contributed by atoms with van der Waals surface area (Å²) in [4.78, 5) is 27.6. The predicted molar refractivity (Wildman–Crippen MR) is 95.4 cm³/mol. The zero-order valence-electron chi connectivity index (χ0n) is 13.9. The van der Waals surface area contributed by atoms with E-state index in [9.17, 15) is 9.59 Å². The van der Waals surface area contributed by atoms with E-state index >= 15 is 0 Å². The summed E-state index contributed by atoms with van der Waals surface area (Å²) in [5.74, 6) is -0.923. The molecule has 0 unspecified atom stereocenters. The highest BCUT2D eigenvalue weighted by Gasteiger charge is 2.19. The second-order valence-corrected chi connectivity index (χ2v) is 6.63. The van der Waals surface area contributed by atoms with E-state index in [-0.39, 0.29) is 12.3 Å². The van der Waals surface area contributed by atoms with Gasteiger partial charge in [-0.2, -0.15) is 0 Å². The van der Waals surface area contributed by atoms with E-state index in [1.165, 1.54) is 0 Å². The molecule has 2 aromatic rings. The molecular formula is C17H22BrN3O3. The minimum Gasteiger partial charge on any atom is -0.481 e. The minimum absolute atomic E-state index is 0.143. The molecule has 0 spiro atoms. The number of fused-ring (bicyclic) bond motifs is 1. The van der Waals surface area contributed by atoms with Crippen molar-refractivity contribution in [3.63, 3.8) is 0 Å². The predicted octanol–water partition coefficient (Wildman–Crippen LogP) is 3.34. The molecule has 0 aliphatic carbocycles. The maximum Gasteiger partial charge on any atom is 0.303 e. The summed E-state index contributed by atoms with van der Waals surface area (Å²) < 4.78 is 2.70. The van der Waals surface area contributed by atoms with Gasteiger partial charge in [0.1, 0.15) is 5.69 Å². The number of nitrogens with one attached hydrogen (secondary N) is 1. The quantitative estimate of drug-likeness (QED) is 0.671. The van der Waals surface area contributed by atoms with Crippen molar-refractivity contribution in [2.24, 2.45) is 0 Å². The number of rotatable bonds is 8. The average Bonchev–Trinajstić information content (AvgIpc) is 2.89. The number of amides is 1. The number of aliphatic carboxylic acids is 1. The summed E-state index contributed by atoms with van der Waals surface area (Å²) in [5, 5.41) is 11.5. The van der Waals surface area contributed by atoms with Crippen LogP contribution in [0.5, 0.6) is 0 Å². The molecule has 2 aromatic heterocycles. The van der Waals surface area contributed by atoms with Crippen molar-refractivity contribution < 1.29 is 14.7 Å². The lowest BCUT2D eigenvalue weighted by Gasteiger charge is -2.07. The lowest BCUT2D eigenvalue weighted by atomic mass is 10.2. The lowest BCUT2D eigenvalue weighted by molar-refractivity contribution is -0.137. The van der Waals surface area contributed by atoms with Gasteiger partial charge in [0, 0.05) is 19.2 Å². The molecule has 0 fully saturated rings. The third-order valence-electron chi connectivity index (χ3n) is 3.79. The van der Waals surface area contributed by atoms with E-state index in [2.05, 4.69) is 26.2 Å². The van der Waals surface area contributed by atoms with Gasteiger partial charge in [0.2, 0.25) is 0 Å². The topological polar surface area (TPSA) is 83.7 Å². The summed E-state index contributed by atoms with van der Waals surface area (Å²) in [5.41, 5.74) is 3.12. The van der Waals surface area contributed by atoms with Gasteiger partial charge in [0.05, 0.1) is 10.2 Å². The number of carboxylic acid groups (broad SMARTS) is 1. The number of carbonyl (C=O) groups is 2. The van der Waals surface area contributed by atoms with Crippen LogP contribution in [0.3, 0.4) is 0 Å². The van der Waals surface area contributed by atoms with Gasteiger partial charge in [-0.1, -0.05) is 13.3 Å². The van der Waals surface area contributed by atoms with Gasteiger partial charge in [-0.25, -0.2) is 4.98 Å². The second-order valence-electron chi connectivity index (χ2n) is 5.78.